The maximum Gasteiger partial charge on any atom is 0.202 e. The van der Waals surface area contributed by atoms with Crippen molar-refractivity contribution in [1.82, 2.24) is 10.5 Å². The van der Waals surface area contributed by atoms with E-state index in [1.54, 1.807) is 19.1 Å². The molecular weight excluding hydrogens is 384 g/mol. The maximum absolute atomic E-state index is 12.3. The van der Waals surface area contributed by atoms with Gasteiger partial charge in [-0.3, -0.25) is 5.16 Å². The monoisotopic (exact) mass is 401 g/mol. The zero-order valence-corrected chi connectivity index (χ0v) is 16.0. The minimum atomic E-state index is -3.87. The van der Waals surface area contributed by atoms with E-state index in [9.17, 15) is 8.42 Å². The average molecular weight is 401 g/mol. The van der Waals surface area contributed by atoms with E-state index >= 15 is 0 Å². The smallest absolute Gasteiger partial charge is 0.202 e. The largest absolute Gasteiger partial charge is 0.460 e. The summed E-state index contributed by atoms with van der Waals surface area (Å²) >= 11 is 5.25. The van der Waals surface area contributed by atoms with Crippen molar-refractivity contribution < 1.29 is 12.9 Å². The molecule has 0 aliphatic carbocycles. The second kappa shape index (κ2) is 8.19. The van der Waals surface area contributed by atoms with Crippen LogP contribution in [-0.4, -0.2) is 18.7 Å². The van der Waals surface area contributed by atoms with Gasteiger partial charge in [-0.1, -0.05) is 30.3 Å². The molecule has 0 unspecified atom stereocenters. The van der Waals surface area contributed by atoms with E-state index in [-0.39, 0.29) is 10.7 Å². The number of sulfonamides is 1. The number of benzene rings is 2. The molecule has 9 heteroatoms. The summed E-state index contributed by atoms with van der Waals surface area (Å²) in [4.78, 5) is 0.0527. The average Bonchev–Trinajstić information content (AvgIpc) is 3.05. The van der Waals surface area contributed by atoms with E-state index < -0.39 is 10.0 Å². The fraction of sp³-hybridized carbons (Fsp3) is 0.111. The summed E-state index contributed by atoms with van der Waals surface area (Å²) in [6.07, 6.45) is 0. The van der Waals surface area contributed by atoms with Crippen molar-refractivity contribution in [3.63, 3.8) is 0 Å². The number of hydrogen-bond donors (Lipinski definition) is 2. The summed E-state index contributed by atoms with van der Waals surface area (Å²) < 4.78 is 33.1. The van der Waals surface area contributed by atoms with Crippen molar-refractivity contribution in [3.05, 3.63) is 76.7 Å². The Hall–Kier alpha value is -2.91. The van der Waals surface area contributed by atoms with Gasteiger partial charge in [0.15, 0.2) is 5.11 Å². The molecule has 3 aromatic rings. The highest BCUT2D eigenvalue weighted by Crippen LogP contribution is 2.27. The molecule has 0 radical (unpaired) electrons. The highest BCUT2D eigenvalue weighted by Gasteiger charge is 2.10. The molecule has 1 aromatic heterocycles. The number of nitrogens with one attached hydrogen (secondary N) is 2. The van der Waals surface area contributed by atoms with Gasteiger partial charge in [0.05, 0.1) is 4.90 Å². The lowest BCUT2D eigenvalue weighted by Gasteiger charge is -2.13. The molecule has 0 saturated carbocycles. The van der Waals surface area contributed by atoms with Crippen LogP contribution in [0.2, 0.25) is 0 Å². The van der Waals surface area contributed by atoms with Crippen molar-refractivity contribution in [2.45, 2.75) is 18.4 Å². The van der Waals surface area contributed by atoms with Crippen LogP contribution in [0.15, 0.2) is 70.1 Å². The number of hydrogen-bond acceptors (Lipinski definition) is 5. The highest BCUT2D eigenvalue weighted by molar-refractivity contribution is 7.94. The number of thiocarbonyl (C=S) groups is 1. The van der Waals surface area contributed by atoms with Gasteiger partial charge >= 0.3 is 0 Å². The molecule has 0 fully saturated rings. The fourth-order valence-corrected chi connectivity index (χ4v) is 3.34. The van der Waals surface area contributed by atoms with Crippen LogP contribution < -0.4 is 10.6 Å². The van der Waals surface area contributed by atoms with E-state index in [0.717, 1.165) is 5.56 Å². The Morgan fingerprint density at radius 3 is 2.48 bits per heavy atom. The number of aryl methyl sites for hydroxylation is 1. The molecule has 27 heavy (non-hydrogen) atoms. The van der Waals surface area contributed by atoms with Gasteiger partial charge in [0.25, 0.3) is 0 Å². The Balaban J connectivity index is 1.58. The highest BCUT2D eigenvalue weighted by atomic mass is 32.2. The number of nitrogens with zero attached hydrogens (tertiary/aromatic N) is 2. The lowest BCUT2D eigenvalue weighted by Crippen LogP contribution is -2.27. The third-order valence-electron chi connectivity index (χ3n) is 3.54. The van der Waals surface area contributed by atoms with Crippen molar-refractivity contribution in [2.75, 3.05) is 5.32 Å². The molecule has 7 nitrogen and oxygen atoms in total. The van der Waals surface area contributed by atoms with Crippen molar-refractivity contribution >= 4 is 38.9 Å². The first-order valence-electron chi connectivity index (χ1n) is 8.02. The molecule has 3 rings (SSSR count). The molecule has 1 heterocycles. The first-order chi connectivity index (χ1) is 12.9. The number of aromatic nitrogens is 1. The molecule has 140 valence electrons. The third-order valence-corrected chi connectivity index (χ3v) is 5.08. The van der Waals surface area contributed by atoms with Crippen LogP contribution in [0.1, 0.15) is 11.3 Å². The van der Waals surface area contributed by atoms with Crippen LogP contribution in [-0.2, 0) is 16.6 Å². The minimum absolute atomic E-state index is 0.0148. The zero-order chi connectivity index (χ0) is 19.3. The molecule has 0 aliphatic rings. The van der Waals surface area contributed by atoms with Crippen molar-refractivity contribution in [3.8, 4) is 0 Å². The van der Waals surface area contributed by atoms with E-state index in [2.05, 4.69) is 20.5 Å². The molecule has 0 atom stereocenters. The zero-order valence-electron chi connectivity index (χ0n) is 14.4. The summed E-state index contributed by atoms with van der Waals surface area (Å²) in [6.45, 7) is 2.25. The van der Waals surface area contributed by atoms with Crippen LogP contribution >= 0.6 is 12.2 Å². The Kier molecular flexibility index (Phi) is 5.72. The molecular formula is C18H17N4O3S2-. The van der Waals surface area contributed by atoms with Gasteiger partial charge in [-0.05, 0) is 60.9 Å². The first kappa shape index (κ1) is 18.9. The summed E-state index contributed by atoms with van der Waals surface area (Å²) in [5, 5.41) is 10.1. The molecule has 0 saturated heterocycles. The quantitative estimate of drug-likeness (QED) is 0.605. The third kappa shape index (κ3) is 5.28. The summed E-state index contributed by atoms with van der Waals surface area (Å²) in [7, 11) is -3.87. The number of rotatable bonds is 6. The Morgan fingerprint density at radius 2 is 1.85 bits per heavy atom. The van der Waals surface area contributed by atoms with Gasteiger partial charge in [0, 0.05) is 12.2 Å². The van der Waals surface area contributed by atoms with Crippen LogP contribution in [0.3, 0.4) is 0 Å². The summed E-state index contributed by atoms with van der Waals surface area (Å²) in [5.41, 5.74) is 1.77. The Labute approximate surface area is 162 Å². The Bertz CT molecular complexity index is 1020. The van der Waals surface area contributed by atoms with Gasteiger partial charge in [0.2, 0.25) is 10.0 Å². The lowest BCUT2D eigenvalue weighted by molar-refractivity contribution is 0.401. The molecule has 2 N–H and O–H groups in total. The number of anilines is 1. The van der Waals surface area contributed by atoms with E-state index in [1.807, 2.05) is 30.3 Å². The maximum atomic E-state index is 12.3. The Morgan fingerprint density at radius 1 is 1.15 bits per heavy atom. The molecule has 0 aliphatic heterocycles. The standard InChI is InChI=1S/C18H18N4O3S2/c1-13-11-17(21-25-13)22-27(23,24)16-9-7-15(8-10-16)20-18(26)19-12-14-5-3-2-4-6-14/h2-11H,12H2,1H3,(H3,19,20,21,22,26)/p-1. The minimum Gasteiger partial charge on any atom is -0.460 e. The van der Waals surface area contributed by atoms with Crippen LogP contribution in [0, 0.1) is 6.92 Å². The van der Waals surface area contributed by atoms with Gasteiger partial charge < -0.3 is 19.9 Å². The molecule has 2 aromatic carbocycles. The summed E-state index contributed by atoms with van der Waals surface area (Å²) in [6, 6.07) is 17.4. The van der Waals surface area contributed by atoms with E-state index in [0.29, 0.717) is 23.1 Å². The fourth-order valence-electron chi connectivity index (χ4n) is 2.24. The van der Waals surface area contributed by atoms with Gasteiger partial charge in [-0.2, -0.15) is 0 Å². The molecule has 0 bridgehead atoms. The second-order valence-electron chi connectivity index (χ2n) is 5.68. The van der Waals surface area contributed by atoms with Gasteiger partial charge in [-0.15, -0.1) is 0 Å². The second-order valence-corrected chi connectivity index (χ2v) is 7.69. The van der Waals surface area contributed by atoms with Crippen LogP contribution in [0.25, 0.3) is 4.72 Å². The topological polar surface area (TPSA) is 98.3 Å². The van der Waals surface area contributed by atoms with Crippen LogP contribution in [0.5, 0.6) is 0 Å². The molecule has 0 amide bonds. The predicted octanol–water partition coefficient (Wildman–Crippen LogP) is 3.86. The first-order valence-corrected chi connectivity index (χ1v) is 9.87. The predicted molar refractivity (Wildman–Crippen MR) is 107 cm³/mol. The molecule has 0 spiro atoms. The van der Waals surface area contributed by atoms with Crippen molar-refractivity contribution in [2.24, 2.45) is 0 Å². The lowest BCUT2D eigenvalue weighted by atomic mass is 10.2. The normalized spacial score (nSPS) is 11.0. The summed E-state index contributed by atoms with van der Waals surface area (Å²) in [5.74, 6) is 0.501. The van der Waals surface area contributed by atoms with Crippen LogP contribution in [0.4, 0.5) is 11.5 Å². The van der Waals surface area contributed by atoms with E-state index in [1.165, 1.54) is 18.2 Å². The van der Waals surface area contributed by atoms with E-state index in [4.69, 9.17) is 16.7 Å². The van der Waals surface area contributed by atoms with Crippen molar-refractivity contribution in [1.29, 1.82) is 0 Å². The SMILES string of the molecule is Cc1cc([N-]S(=O)(=O)c2ccc(NC(=S)NCc3ccccc3)cc2)no1. The van der Waals surface area contributed by atoms with Gasteiger partial charge in [0.1, 0.15) is 5.76 Å². The van der Waals surface area contributed by atoms with Gasteiger partial charge in [-0.25, -0.2) is 8.42 Å².